The summed E-state index contributed by atoms with van der Waals surface area (Å²) in [5, 5.41) is 10.3. The number of nitrogens with one attached hydrogen (secondary N) is 1. The van der Waals surface area contributed by atoms with Crippen molar-refractivity contribution in [1.29, 1.82) is 0 Å². The Bertz CT molecular complexity index is 1510. The number of ether oxygens (including phenoxy) is 1. The predicted octanol–water partition coefficient (Wildman–Crippen LogP) is 5.29. The van der Waals surface area contributed by atoms with Crippen molar-refractivity contribution in [1.82, 2.24) is 24.7 Å². The number of H-pyrrole nitrogens is 1. The van der Waals surface area contributed by atoms with Crippen molar-refractivity contribution in [2.75, 3.05) is 7.11 Å². The van der Waals surface area contributed by atoms with Gasteiger partial charge in [-0.1, -0.05) is 66.4 Å². The SMILES string of the molecule is COc1ccccc1-c1nnc(SC(C)c2nc3ccccc3c(=O)[nH]2)n1CCc1ccccc1. The molecular formula is C27H25N5O2S. The van der Waals surface area contributed by atoms with Gasteiger partial charge in [0.05, 0.1) is 28.8 Å². The molecule has 176 valence electrons. The van der Waals surface area contributed by atoms with Crippen molar-refractivity contribution in [2.45, 2.75) is 30.3 Å². The Morgan fingerprint density at radius 3 is 2.54 bits per heavy atom. The van der Waals surface area contributed by atoms with Gasteiger partial charge in [0.15, 0.2) is 11.0 Å². The Morgan fingerprint density at radius 1 is 0.971 bits per heavy atom. The number of fused-ring (bicyclic) bond motifs is 1. The largest absolute Gasteiger partial charge is 0.496 e. The molecule has 1 atom stereocenters. The highest BCUT2D eigenvalue weighted by Gasteiger charge is 2.21. The maximum absolute atomic E-state index is 12.6. The van der Waals surface area contributed by atoms with Crippen LogP contribution >= 0.6 is 11.8 Å². The molecule has 0 amide bonds. The molecule has 8 heteroatoms. The maximum atomic E-state index is 12.6. The number of aryl methyl sites for hydroxylation is 1. The lowest BCUT2D eigenvalue weighted by molar-refractivity contribution is 0.415. The van der Waals surface area contributed by atoms with E-state index in [1.165, 1.54) is 17.3 Å². The zero-order valence-electron chi connectivity index (χ0n) is 19.5. The summed E-state index contributed by atoms with van der Waals surface area (Å²) in [6.45, 7) is 2.71. The minimum Gasteiger partial charge on any atom is -0.496 e. The van der Waals surface area contributed by atoms with Gasteiger partial charge < -0.3 is 14.3 Å². The number of hydrogen-bond acceptors (Lipinski definition) is 6. The van der Waals surface area contributed by atoms with E-state index in [1.54, 1.807) is 13.2 Å². The van der Waals surface area contributed by atoms with Crippen LogP contribution in [0.4, 0.5) is 0 Å². The molecule has 0 bridgehead atoms. The molecule has 0 aliphatic rings. The fourth-order valence-corrected chi connectivity index (χ4v) is 4.94. The third-order valence-electron chi connectivity index (χ3n) is 5.83. The van der Waals surface area contributed by atoms with E-state index in [2.05, 4.69) is 31.9 Å². The first-order chi connectivity index (χ1) is 17.1. The van der Waals surface area contributed by atoms with Crippen molar-refractivity contribution in [3.05, 3.63) is 101 Å². The monoisotopic (exact) mass is 483 g/mol. The third kappa shape index (κ3) is 4.83. The average Bonchev–Trinajstić information content (AvgIpc) is 3.29. The molecule has 0 aliphatic carbocycles. The second kappa shape index (κ2) is 10.1. The summed E-state index contributed by atoms with van der Waals surface area (Å²) < 4.78 is 7.71. The molecule has 0 radical (unpaired) electrons. The fourth-order valence-electron chi connectivity index (χ4n) is 4.00. The highest BCUT2D eigenvalue weighted by Crippen LogP contribution is 2.36. The highest BCUT2D eigenvalue weighted by molar-refractivity contribution is 7.99. The van der Waals surface area contributed by atoms with E-state index in [1.807, 2.05) is 67.6 Å². The second-order valence-electron chi connectivity index (χ2n) is 8.12. The summed E-state index contributed by atoms with van der Waals surface area (Å²) in [5.74, 6) is 2.09. The van der Waals surface area contributed by atoms with Crippen LogP contribution in [0.25, 0.3) is 22.3 Å². The maximum Gasteiger partial charge on any atom is 0.258 e. The number of para-hydroxylation sites is 2. The van der Waals surface area contributed by atoms with E-state index in [9.17, 15) is 4.79 Å². The first-order valence-corrected chi connectivity index (χ1v) is 12.3. The van der Waals surface area contributed by atoms with Gasteiger partial charge in [-0.2, -0.15) is 0 Å². The molecule has 2 aromatic heterocycles. The standard InChI is InChI=1S/C27H25N5O2S/c1-18(24-28-22-14-8-6-12-20(22)26(33)29-24)35-27-31-30-25(21-13-7-9-15-23(21)34-2)32(27)17-16-19-10-4-3-5-11-19/h3-15,18H,16-17H2,1-2H3,(H,28,29,33). The van der Waals surface area contributed by atoms with Crippen LogP contribution in [0, 0.1) is 0 Å². The molecule has 0 fully saturated rings. The highest BCUT2D eigenvalue weighted by atomic mass is 32.2. The van der Waals surface area contributed by atoms with E-state index < -0.39 is 0 Å². The second-order valence-corrected chi connectivity index (χ2v) is 9.43. The summed E-state index contributed by atoms with van der Waals surface area (Å²) in [4.78, 5) is 20.2. The molecule has 1 N–H and O–H groups in total. The zero-order chi connectivity index (χ0) is 24.2. The topological polar surface area (TPSA) is 85.7 Å². The van der Waals surface area contributed by atoms with Gasteiger partial charge in [-0.25, -0.2) is 4.98 Å². The van der Waals surface area contributed by atoms with Gasteiger partial charge in [-0.3, -0.25) is 4.79 Å². The van der Waals surface area contributed by atoms with Gasteiger partial charge in [0.2, 0.25) is 0 Å². The van der Waals surface area contributed by atoms with Crippen LogP contribution < -0.4 is 10.3 Å². The van der Waals surface area contributed by atoms with E-state index in [0.29, 0.717) is 23.3 Å². The van der Waals surface area contributed by atoms with E-state index in [0.717, 1.165) is 28.7 Å². The Kier molecular flexibility index (Phi) is 6.63. The van der Waals surface area contributed by atoms with Crippen molar-refractivity contribution >= 4 is 22.7 Å². The number of nitrogens with zero attached hydrogens (tertiary/aromatic N) is 4. The van der Waals surface area contributed by atoms with Crippen LogP contribution in [0.1, 0.15) is 23.6 Å². The summed E-state index contributed by atoms with van der Waals surface area (Å²) >= 11 is 1.52. The van der Waals surface area contributed by atoms with Crippen LogP contribution in [0.15, 0.2) is 88.8 Å². The lowest BCUT2D eigenvalue weighted by atomic mass is 10.1. The van der Waals surface area contributed by atoms with Gasteiger partial charge in [0.25, 0.3) is 5.56 Å². The van der Waals surface area contributed by atoms with E-state index in [-0.39, 0.29) is 10.8 Å². The average molecular weight is 484 g/mol. The third-order valence-corrected chi connectivity index (χ3v) is 6.92. The lowest BCUT2D eigenvalue weighted by Gasteiger charge is -2.15. The fraction of sp³-hybridized carbons (Fsp3) is 0.185. The molecule has 0 aliphatic heterocycles. The van der Waals surface area contributed by atoms with Crippen LogP contribution in [0.3, 0.4) is 0 Å². The molecule has 35 heavy (non-hydrogen) atoms. The Morgan fingerprint density at radius 2 is 1.71 bits per heavy atom. The van der Waals surface area contributed by atoms with Crippen molar-refractivity contribution in [2.24, 2.45) is 0 Å². The Labute approximate surface area is 207 Å². The van der Waals surface area contributed by atoms with Gasteiger partial charge in [0.1, 0.15) is 11.6 Å². The predicted molar refractivity (Wildman–Crippen MR) is 139 cm³/mol. The van der Waals surface area contributed by atoms with Gasteiger partial charge in [-0.05, 0) is 43.2 Å². The smallest absolute Gasteiger partial charge is 0.258 e. The number of aromatic nitrogens is 5. The summed E-state index contributed by atoms with van der Waals surface area (Å²) in [6, 6.07) is 25.5. The molecule has 0 saturated carbocycles. The zero-order valence-corrected chi connectivity index (χ0v) is 20.3. The van der Waals surface area contributed by atoms with Crippen LogP contribution in [0.2, 0.25) is 0 Å². The molecular weight excluding hydrogens is 458 g/mol. The lowest BCUT2D eigenvalue weighted by Crippen LogP contribution is -2.13. The van der Waals surface area contributed by atoms with Gasteiger partial charge in [-0.15, -0.1) is 10.2 Å². The van der Waals surface area contributed by atoms with Gasteiger partial charge >= 0.3 is 0 Å². The molecule has 5 rings (SSSR count). The first kappa shape index (κ1) is 22.9. The molecule has 2 heterocycles. The minimum atomic E-state index is -0.141. The van der Waals surface area contributed by atoms with E-state index >= 15 is 0 Å². The number of aromatic amines is 1. The first-order valence-electron chi connectivity index (χ1n) is 11.4. The number of rotatable bonds is 8. The van der Waals surface area contributed by atoms with Crippen LogP contribution in [-0.2, 0) is 13.0 Å². The molecule has 5 aromatic rings. The molecule has 0 spiro atoms. The molecule has 7 nitrogen and oxygen atoms in total. The number of benzene rings is 3. The van der Waals surface area contributed by atoms with Crippen molar-refractivity contribution < 1.29 is 4.74 Å². The van der Waals surface area contributed by atoms with Crippen molar-refractivity contribution in [3.63, 3.8) is 0 Å². The summed E-state index contributed by atoms with van der Waals surface area (Å²) in [7, 11) is 1.66. The molecule has 1 unspecified atom stereocenters. The number of thioether (sulfide) groups is 1. The van der Waals surface area contributed by atoms with Crippen LogP contribution in [-0.4, -0.2) is 31.8 Å². The van der Waals surface area contributed by atoms with Crippen molar-refractivity contribution in [3.8, 4) is 17.1 Å². The minimum absolute atomic E-state index is 0.140. The number of methoxy groups -OCH3 is 1. The normalized spacial score (nSPS) is 12.1. The number of hydrogen-bond donors (Lipinski definition) is 1. The van der Waals surface area contributed by atoms with E-state index in [4.69, 9.17) is 9.72 Å². The quantitative estimate of drug-likeness (QED) is 0.302. The Balaban J connectivity index is 1.50. The van der Waals surface area contributed by atoms with Gasteiger partial charge in [0, 0.05) is 6.54 Å². The summed E-state index contributed by atoms with van der Waals surface area (Å²) in [6.07, 6.45) is 0.827. The molecule has 0 saturated heterocycles. The summed E-state index contributed by atoms with van der Waals surface area (Å²) in [5.41, 5.74) is 2.65. The molecule has 3 aromatic carbocycles. The van der Waals surface area contributed by atoms with Crippen LogP contribution in [0.5, 0.6) is 5.75 Å². The Hall–Kier alpha value is -3.91.